The molecule has 2 rings (SSSR count). The van der Waals surface area contributed by atoms with E-state index in [0.717, 1.165) is 18.7 Å². The fourth-order valence-corrected chi connectivity index (χ4v) is 2.31. The van der Waals surface area contributed by atoms with Crippen LogP contribution in [0.15, 0.2) is 48.5 Å². The molecule has 0 fully saturated rings. The molecule has 0 atom stereocenters. The number of rotatable bonds is 6. The molecule has 110 valence electrons. The second-order valence-electron chi connectivity index (χ2n) is 4.92. The molecule has 0 aliphatic heterocycles. The SMILES string of the molecule is CCNC(=O)c1cccc(NCc2ccccc2CC)c1. The number of nitrogens with one attached hydrogen (secondary N) is 2. The summed E-state index contributed by atoms with van der Waals surface area (Å²) in [6, 6.07) is 16.0. The van der Waals surface area contributed by atoms with Crippen molar-refractivity contribution >= 4 is 11.6 Å². The van der Waals surface area contributed by atoms with Crippen molar-refractivity contribution in [2.24, 2.45) is 0 Å². The second-order valence-corrected chi connectivity index (χ2v) is 4.92. The molecule has 0 aliphatic rings. The van der Waals surface area contributed by atoms with Gasteiger partial charge in [0.2, 0.25) is 0 Å². The Hall–Kier alpha value is -2.29. The van der Waals surface area contributed by atoms with E-state index < -0.39 is 0 Å². The average Bonchev–Trinajstić information content (AvgIpc) is 2.53. The van der Waals surface area contributed by atoms with Crippen LogP contribution in [0.1, 0.15) is 35.3 Å². The van der Waals surface area contributed by atoms with Crippen molar-refractivity contribution in [1.29, 1.82) is 0 Å². The van der Waals surface area contributed by atoms with Gasteiger partial charge in [0.1, 0.15) is 0 Å². The first-order chi connectivity index (χ1) is 10.2. The lowest BCUT2D eigenvalue weighted by atomic mass is 10.1. The third kappa shape index (κ3) is 4.09. The molecule has 0 radical (unpaired) electrons. The Labute approximate surface area is 126 Å². The highest BCUT2D eigenvalue weighted by Crippen LogP contribution is 2.15. The van der Waals surface area contributed by atoms with Crippen molar-refractivity contribution in [3.8, 4) is 0 Å². The molecule has 3 heteroatoms. The molecule has 0 aromatic heterocycles. The van der Waals surface area contributed by atoms with Crippen molar-refractivity contribution in [1.82, 2.24) is 5.32 Å². The fraction of sp³-hybridized carbons (Fsp3) is 0.278. The van der Waals surface area contributed by atoms with Crippen LogP contribution in [0.5, 0.6) is 0 Å². The first-order valence-corrected chi connectivity index (χ1v) is 7.43. The summed E-state index contributed by atoms with van der Waals surface area (Å²) in [7, 11) is 0. The van der Waals surface area contributed by atoms with E-state index in [1.807, 2.05) is 31.2 Å². The van der Waals surface area contributed by atoms with Gasteiger partial charge < -0.3 is 10.6 Å². The minimum atomic E-state index is -0.0323. The third-order valence-electron chi connectivity index (χ3n) is 3.44. The molecule has 2 N–H and O–H groups in total. The number of aryl methyl sites for hydroxylation is 1. The average molecular weight is 282 g/mol. The van der Waals surface area contributed by atoms with Gasteiger partial charge in [-0.15, -0.1) is 0 Å². The van der Waals surface area contributed by atoms with Gasteiger partial charge in [-0.1, -0.05) is 37.3 Å². The third-order valence-corrected chi connectivity index (χ3v) is 3.44. The fourth-order valence-electron chi connectivity index (χ4n) is 2.31. The number of amides is 1. The Bertz CT molecular complexity index is 608. The first kappa shape index (κ1) is 15.1. The molecule has 2 aromatic carbocycles. The van der Waals surface area contributed by atoms with Crippen molar-refractivity contribution in [2.75, 3.05) is 11.9 Å². The molecule has 3 nitrogen and oxygen atoms in total. The molecule has 21 heavy (non-hydrogen) atoms. The quantitative estimate of drug-likeness (QED) is 0.849. The highest BCUT2D eigenvalue weighted by molar-refractivity contribution is 5.95. The number of carbonyl (C=O) groups is 1. The summed E-state index contributed by atoms with van der Waals surface area (Å²) in [5.74, 6) is -0.0323. The summed E-state index contributed by atoms with van der Waals surface area (Å²) >= 11 is 0. The van der Waals surface area contributed by atoms with E-state index in [1.54, 1.807) is 0 Å². The highest BCUT2D eigenvalue weighted by atomic mass is 16.1. The zero-order chi connectivity index (χ0) is 15.1. The molecule has 0 aliphatic carbocycles. The lowest BCUT2D eigenvalue weighted by Gasteiger charge is -2.11. The van der Waals surface area contributed by atoms with Gasteiger partial charge in [0.05, 0.1) is 0 Å². The van der Waals surface area contributed by atoms with E-state index in [1.165, 1.54) is 11.1 Å². The first-order valence-electron chi connectivity index (χ1n) is 7.43. The molecule has 0 spiro atoms. The van der Waals surface area contributed by atoms with Crippen LogP contribution in [-0.2, 0) is 13.0 Å². The number of hydrogen-bond donors (Lipinski definition) is 2. The molecule has 0 bridgehead atoms. The van der Waals surface area contributed by atoms with E-state index in [-0.39, 0.29) is 5.91 Å². The van der Waals surface area contributed by atoms with Crippen LogP contribution in [0.4, 0.5) is 5.69 Å². The van der Waals surface area contributed by atoms with Gasteiger partial charge in [-0.2, -0.15) is 0 Å². The van der Waals surface area contributed by atoms with Crippen LogP contribution in [0.2, 0.25) is 0 Å². The van der Waals surface area contributed by atoms with Crippen LogP contribution in [-0.4, -0.2) is 12.5 Å². The lowest BCUT2D eigenvalue weighted by molar-refractivity contribution is 0.0956. The van der Waals surface area contributed by atoms with Gasteiger partial charge in [0.15, 0.2) is 0 Å². The Morgan fingerprint density at radius 2 is 1.76 bits per heavy atom. The topological polar surface area (TPSA) is 41.1 Å². The van der Waals surface area contributed by atoms with Crippen LogP contribution in [0.3, 0.4) is 0 Å². The molecule has 0 saturated heterocycles. The molecular weight excluding hydrogens is 260 g/mol. The maximum absolute atomic E-state index is 11.8. The summed E-state index contributed by atoms with van der Waals surface area (Å²) in [4.78, 5) is 11.8. The summed E-state index contributed by atoms with van der Waals surface area (Å²) in [5.41, 5.74) is 4.29. The lowest BCUT2D eigenvalue weighted by Crippen LogP contribution is -2.22. The minimum Gasteiger partial charge on any atom is -0.381 e. The number of anilines is 1. The standard InChI is InChI=1S/C18H22N2O/c1-3-14-8-5-6-9-16(14)13-20-17-11-7-10-15(12-17)18(21)19-4-2/h5-12,20H,3-4,13H2,1-2H3,(H,19,21). The van der Waals surface area contributed by atoms with Crippen molar-refractivity contribution in [2.45, 2.75) is 26.8 Å². The van der Waals surface area contributed by atoms with Crippen LogP contribution >= 0.6 is 0 Å². The molecule has 0 unspecified atom stereocenters. The minimum absolute atomic E-state index is 0.0323. The highest BCUT2D eigenvalue weighted by Gasteiger charge is 2.05. The smallest absolute Gasteiger partial charge is 0.251 e. The number of hydrogen-bond acceptors (Lipinski definition) is 2. The second kappa shape index (κ2) is 7.48. The number of benzene rings is 2. The zero-order valence-corrected chi connectivity index (χ0v) is 12.6. The van der Waals surface area contributed by atoms with Gasteiger partial charge in [-0.25, -0.2) is 0 Å². The summed E-state index contributed by atoms with van der Waals surface area (Å²) in [5, 5.41) is 6.21. The maximum atomic E-state index is 11.8. The monoisotopic (exact) mass is 282 g/mol. The summed E-state index contributed by atoms with van der Waals surface area (Å²) in [6.45, 7) is 5.49. The summed E-state index contributed by atoms with van der Waals surface area (Å²) < 4.78 is 0. The van der Waals surface area contributed by atoms with Crippen molar-refractivity contribution < 1.29 is 4.79 Å². The molecule has 2 aromatic rings. The Kier molecular flexibility index (Phi) is 5.38. The maximum Gasteiger partial charge on any atom is 0.251 e. The molecule has 0 heterocycles. The van der Waals surface area contributed by atoms with Crippen LogP contribution in [0, 0.1) is 0 Å². The molecular formula is C18H22N2O. The van der Waals surface area contributed by atoms with E-state index in [2.05, 4.69) is 41.8 Å². The van der Waals surface area contributed by atoms with E-state index >= 15 is 0 Å². The normalized spacial score (nSPS) is 10.2. The summed E-state index contributed by atoms with van der Waals surface area (Å²) in [6.07, 6.45) is 1.02. The van der Waals surface area contributed by atoms with Crippen molar-refractivity contribution in [3.05, 3.63) is 65.2 Å². The van der Waals surface area contributed by atoms with Gasteiger partial charge in [-0.3, -0.25) is 4.79 Å². The number of carbonyl (C=O) groups excluding carboxylic acids is 1. The predicted molar refractivity (Wildman–Crippen MR) is 87.6 cm³/mol. The van der Waals surface area contributed by atoms with Crippen LogP contribution in [0.25, 0.3) is 0 Å². The van der Waals surface area contributed by atoms with E-state index in [4.69, 9.17) is 0 Å². The van der Waals surface area contributed by atoms with E-state index in [9.17, 15) is 4.79 Å². The Balaban J connectivity index is 2.06. The Morgan fingerprint density at radius 3 is 2.48 bits per heavy atom. The van der Waals surface area contributed by atoms with Gasteiger partial charge in [0.25, 0.3) is 5.91 Å². The largest absolute Gasteiger partial charge is 0.381 e. The van der Waals surface area contributed by atoms with Crippen molar-refractivity contribution in [3.63, 3.8) is 0 Å². The molecule has 0 saturated carbocycles. The van der Waals surface area contributed by atoms with E-state index in [0.29, 0.717) is 12.1 Å². The van der Waals surface area contributed by atoms with Gasteiger partial charge in [0, 0.05) is 24.3 Å². The zero-order valence-electron chi connectivity index (χ0n) is 12.6. The molecule has 1 amide bonds. The predicted octanol–water partition coefficient (Wildman–Crippen LogP) is 3.61. The van der Waals surface area contributed by atoms with Gasteiger partial charge >= 0.3 is 0 Å². The van der Waals surface area contributed by atoms with Crippen LogP contribution < -0.4 is 10.6 Å². The van der Waals surface area contributed by atoms with Gasteiger partial charge in [-0.05, 0) is 42.7 Å². The Morgan fingerprint density at radius 1 is 1.00 bits per heavy atom.